The van der Waals surface area contributed by atoms with Crippen molar-refractivity contribution in [2.75, 3.05) is 62.8 Å². The van der Waals surface area contributed by atoms with Gasteiger partial charge in [-0.2, -0.15) is 0 Å². The molecule has 0 aliphatic carbocycles. The molecule has 0 saturated carbocycles. The average Bonchev–Trinajstić information content (AvgIpc) is 3.17. The van der Waals surface area contributed by atoms with Crippen molar-refractivity contribution in [1.29, 1.82) is 0 Å². The van der Waals surface area contributed by atoms with Crippen molar-refractivity contribution >= 4 is 51.4 Å². The number of thioether (sulfide) groups is 1. The van der Waals surface area contributed by atoms with Gasteiger partial charge in [0.15, 0.2) is 28.7 Å². The van der Waals surface area contributed by atoms with Crippen LogP contribution in [-0.2, 0) is 14.8 Å². The van der Waals surface area contributed by atoms with E-state index in [2.05, 4.69) is 15.0 Å². The Hall–Kier alpha value is -5.68. The molecule has 1 aromatic heterocycles. The van der Waals surface area contributed by atoms with E-state index in [1.165, 1.54) is 59.1 Å². The van der Waals surface area contributed by atoms with Gasteiger partial charge in [0, 0.05) is 43.3 Å². The number of aromatic nitrogens is 1. The molecule has 0 unspecified atom stereocenters. The van der Waals surface area contributed by atoms with Gasteiger partial charge in [-0.05, 0) is 68.6 Å². The van der Waals surface area contributed by atoms with E-state index in [1.54, 1.807) is 62.4 Å². The van der Waals surface area contributed by atoms with Gasteiger partial charge < -0.3 is 33.5 Å². The fraction of sp³-hybridized carbons (Fsp3) is 0.278. The fourth-order valence-electron chi connectivity index (χ4n) is 5.24. The first-order valence-electron chi connectivity index (χ1n) is 16.5. The second-order valence-electron chi connectivity index (χ2n) is 11.1. The third kappa shape index (κ3) is 9.41. The van der Waals surface area contributed by atoms with Crippen molar-refractivity contribution in [3.8, 4) is 28.7 Å². The lowest BCUT2D eigenvalue weighted by Crippen LogP contribution is -2.50. The van der Waals surface area contributed by atoms with Crippen molar-refractivity contribution in [2.24, 2.45) is 0 Å². The minimum Gasteiger partial charge on any atom is -0.493 e. The number of piperazine rings is 1. The Morgan fingerprint density at radius 1 is 0.849 bits per heavy atom. The number of benzene rings is 3. The molecule has 2 heterocycles. The first-order valence-corrected chi connectivity index (χ1v) is 19.2. The SMILES string of the molecule is CCOC(=O)N1CCN(C(=O)c2cc(OCC)c(Oc3ccccc3OC)c(NS(=O)(=O)c3ccc(SC)cc3)c2OC(=O)Nc2ccccn2)CC1. The van der Waals surface area contributed by atoms with E-state index in [4.69, 9.17) is 23.7 Å². The fourth-order valence-corrected chi connectivity index (χ4v) is 6.72. The zero-order valence-electron chi connectivity index (χ0n) is 29.5. The number of rotatable bonds is 13. The van der Waals surface area contributed by atoms with Gasteiger partial charge in [-0.1, -0.05) is 18.2 Å². The van der Waals surface area contributed by atoms with Crippen LogP contribution in [0, 0.1) is 0 Å². The second-order valence-corrected chi connectivity index (χ2v) is 13.7. The number of hydrogen-bond donors (Lipinski definition) is 2. The molecule has 1 saturated heterocycles. The molecule has 4 aromatic rings. The molecule has 53 heavy (non-hydrogen) atoms. The van der Waals surface area contributed by atoms with Gasteiger partial charge in [0.2, 0.25) is 0 Å². The largest absolute Gasteiger partial charge is 0.493 e. The molecule has 5 rings (SSSR count). The highest BCUT2D eigenvalue weighted by molar-refractivity contribution is 7.98. The number of nitrogens with one attached hydrogen (secondary N) is 2. The van der Waals surface area contributed by atoms with Crippen molar-refractivity contribution < 1.29 is 46.5 Å². The van der Waals surface area contributed by atoms with Crippen LogP contribution < -0.4 is 29.0 Å². The summed E-state index contributed by atoms with van der Waals surface area (Å²) in [4.78, 5) is 48.0. The van der Waals surface area contributed by atoms with Gasteiger partial charge in [-0.3, -0.25) is 14.8 Å². The van der Waals surface area contributed by atoms with Crippen LogP contribution in [0.25, 0.3) is 0 Å². The van der Waals surface area contributed by atoms with E-state index < -0.39 is 39.6 Å². The summed E-state index contributed by atoms with van der Waals surface area (Å²) in [5.74, 6) is -0.777. The smallest absolute Gasteiger partial charge is 0.418 e. The van der Waals surface area contributed by atoms with Crippen LogP contribution in [0.1, 0.15) is 24.2 Å². The first-order chi connectivity index (χ1) is 25.6. The maximum Gasteiger partial charge on any atom is 0.418 e. The molecule has 1 fully saturated rings. The predicted molar refractivity (Wildman–Crippen MR) is 198 cm³/mol. The van der Waals surface area contributed by atoms with Crippen molar-refractivity contribution in [3.05, 3.63) is 84.6 Å². The summed E-state index contributed by atoms with van der Waals surface area (Å²) in [7, 11) is -3.00. The first kappa shape index (κ1) is 38.5. The highest BCUT2D eigenvalue weighted by atomic mass is 32.2. The molecule has 0 atom stereocenters. The lowest BCUT2D eigenvalue weighted by molar-refractivity contribution is 0.0568. The summed E-state index contributed by atoms with van der Waals surface area (Å²) in [5, 5.41) is 2.50. The maximum absolute atomic E-state index is 14.4. The average molecular weight is 766 g/mol. The number of ether oxygens (including phenoxy) is 5. The predicted octanol–water partition coefficient (Wildman–Crippen LogP) is 6.33. The summed E-state index contributed by atoms with van der Waals surface area (Å²) in [5.41, 5.74) is -0.627. The number of nitrogens with zero attached hydrogens (tertiary/aromatic N) is 3. The minimum atomic E-state index is -4.44. The Balaban J connectivity index is 1.69. The summed E-state index contributed by atoms with van der Waals surface area (Å²) in [6.45, 7) is 4.21. The molecule has 3 amide bonds. The van der Waals surface area contributed by atoms with Crippen LogP contribution in [0.5, 0.6) is 28.7 Å². The normalized spacial score (nSPS) is 12.8. The summed E-state index contributed by atoms with van der Waals surface area (Å²) < 4.78 is 59.5. The van der Waals surface area contributed by atoms with E-state index in [0.29, 0.717) is 5.75 Å². The zero-order valence-corrected chi connectivity index (χ0v) is 31.1. The van der Waals surface area contributed by atoms with Gasteiger partial charge in [0.05, 0.1) is 30.8 Å². The molecule has 0 spiro atoms. The van der Waals surface area contributed by atoms with E-state index in [9.17, 15) is 22.8 Å². The quantitative estimate of drug-likeness (QED) is 0.145. The Kier molecular flexibility index (Phi) is 12.9. The Bertz CT molecular complexity index is 2020. The molecule has 17 heteroatoms. The van der Waals surface area contributed by atoms with Gasteiger partial charge in [0.25, 0.3) is 15.9 Å². The number of hydrogen-bond acceptors (Lipinski definition) is 12. The van der Waals surface area contributed by atoms with Crippen LogP contribution in [0.3, 0.4) is 0 Å². The number of sulfonamides is 1. The molecule has 0 radical (unpaired) electrons. The Morgan fingerprint density at radius 3 is 2.15 bits per heavy atom. The lowest BCUT2D eigenvalue weighted by atomic mass is 10.1. The number of carbonyl (C=O) groups is 3. The van der Waals surface area contributed by atoms with E-state index in [0.717, 1.165) is 4.90 Å². The topological polar surface area (TPSA) is 175 Å². The van der Waals surface area contributed by atoms with Crippen LogP contribution in [0.2, 0.25) is 0 Å². The van der Waals surface area contributed by atoms with E-state index in [-0.39, 0.29) is 72.9 Å². The molecular formula is C36H39N5O10S2. The van der Waals surface area contributed by atoms with Crippen LogP contribution in [-0.4, -0.2) is 94.1 Å². The standard InChI is InChI=1S/C36H39N5O10S2/c1-5-48-29-23-26(34(42)40-19-21-41(22-20-40)36(44)49-6-2)32(51-35(43)38-30-13-9-10-18-37-30)31(33(29)50-28-12-8-7-11-27(28)47-3)39-53(45,46)25-16-14-24(52-4)15-17-25/h7-18,23,39H,5-6,19-22H2,1-4H3,(H,37,38,43). The van der Waals surface area contributed by atoms with Crippen molar-refractivity contribution in [1.82, 2.24) is 14.8 Å². The molecule has 280 valence electrons. The Morgan fingerprint density at radius 2 is 1.53 bits per heavy atom. The molecular weight excluding hydrogens is 727 g/mol. The molecule has 2 N–H and O–H groups in total. The van der Waals surface area contributed by atoms with Gasteiger partial charge >= 0.3 is 12.2 Å². The molecule has 1 aliphatic rings. The maximum atomic E-state index is 14.4. The van der Waals surface area contributed by atoms with Gasteiger partial charge in [0.1, 0.15) is 11.5 Å². The van der Waals surface area contributed by atoms with Gasteiger partial charge in [-0.15, -0.1) is 11.8 Å². The van der Waals surface area contributed by atoms with Gasteiger partial charge in [-0.25, -0.2) is 23.0 Å². The third-order valence-electron chi connectivity index (χ3n) is 7.80. The highest BCUT2D eigenvalue weighted by Gasteiger charge is 2.34. The monoisotopic (exact) mass is 765 g/mol. The van der Waals surface area contributed by atoms with Crippen molar-refractivity contribution in [3.63, 3.8) is 0 Å². The van der Waals surface area contributed by atoms with E-state index in [1.807, 2.05) is 6.26 Å². The number of anilines is 2. The Labute approximate surface area is 311 Å². The second kappa shape index (κ2) is 17.7. The molecule has 1 aliphatic heterocycles. The third-order valence-corrected chi connectivity index (χ3v) is 9.91. The zero-order chi connectivity index (χ0) is 38.0. The molecule has 0 bridgehead atoms. The number of para-hydroxylation sites is 2. The van der Waals surface area contributed by atoms with E-state index >= 15 is 0 Å². The van der Waals surface area contributed by atoms with Crippen LogP contribution >= 0.6 is 11.8 Å². The molecule has 3 aromatic carbocycles. The lowest BCUT2D eigenvalue weighted by Gasteiger charge is -2.34. The number of amides is 3. The summed E-state index contributed by atoms with van der Waals surface area (Å²) in [6.07, 6.45) is 1.73. The summed E-state index contributed by atoms with van der Waals surface area (Å²) >= 11 is 1.44. The molecule has 15 nitrogen and oxygen atoms in total. The van der Waals surface area contributed by atoms with Crippen molar-refractivity contribution in [2.45, 2.75) is 23.6 Å². The highest BCUT2D eigenvalue weighted by Crippen LogP contribution is 2.49. The number of methoxy groups -OCH3 is 1. The van der Waals surface area contributed by atoms with Crippen LogP contribution in [0.4, 0.5) is 21.1 Å². The number of carbonyl (C=O) groups excluding carboxylic acids is 3. The minimum absolute atomic E-state index is 0.0418. The summed E-state index contributed by atoms with van der Waals surface area (Å²) in [6, 6.07) is 18.9. The van der Waals surface area contributed by atoms with Crippen LogP contribution in [0.15, 0.2) is 88.8 Å². The number of pyridine rings is 1.